The van der Waals surface area contributed by atoms with E-state index in [0.29, 0.717) is 17.2 Å². The molecule has 4 aromatic rings. The van der Waals surface area contributed by atoms with Crippen LogP contribution in [-0.4, -0.2) is 57.7 Å². The van der Waals surface area contributed by atoms with Crippen molar-refractivity contribution in [2.45, 2.75) is 0 Å². The molecule has 3 aromatic heterocycles. The van der Waals surface area contributed by atoms with Crippen molar-refractivity contribution in [2.24, 2.45) is 0 Å². The molecule has 3 heterocycles. The van der Waals surface area contributed by atoms with Crippen molar-refractivity contribution in [3.05, 3.63) is 42.1 Å². The second-order valence-electron chi connectivity index (χ2n) is 6.18. The molecule has 0 unspecified atom stereocenters. The molecule has 0 saturated carbocycles. The molecule has 1 N–H and O–H groups in total. The summed E-state index contributed by atoms with van der Waals surface area (Å²) in [7, 11) is 4.04. The van der Waals surface area contributed by atoms with Crippen LogP contribution < -0.4 is 5.32 Å². The smallest absolute Gasteiger partial charge is 0.224 e. The highest BCUT2D eigenvalue weighted by Gasteiger charge is 2.14. The van der Waals surface area contributed by atoms with Crippen molar-refractivity contribution in [2.75, 3.05) is 32.5 Å². The molecule has 25 heavy (non-hydrogen) atoms. The molecule has 7 heteroatoms. The zero-order chi connectivity index (χ0) is 17.4. The Morgan fingerprint density at radius 2 is 2.04 bits per heavy atom. The van der Waals surface area contributed by atoms with Gasteiger partial charge in [0.15, 0.2) is 11.9 Å². The van der Waals surface area contributed by atoms with Crippen LogP contribution in [0, 0.1) is 0 Å². The minimum absolute atomic E-state index is 0.528. The van der Waals surface area contributed by atoms with Crippen molar-refractivity contribution in [1.29, 1.82) is 0 Å². The summed E-state index contributed by atoms with van der Waals surface area (Å²) in [5.41, 5.74) is 3.63. The summed E-state index contributed by atoms with van der Waals surface area (Å²) < 4.78 is 1.92. The molecule has 0 fully saturated rings. The van der Waals surface area contributed by atoms with Crippen LogP contribution in [-0.2, 0) is 0 Å². The Hall–Kier alpha value is -3.06. The highest BCUT2D eigenvalue weighted by molar-refractivity contribution is 5.97. The SMILES string of the molecule is CN(C)CCNc1ncc2cc(C=O)c3nc4ccccc4n3c2n1. The van der Waals surface area contributed by atoms with Gasteiger partial charge in [-0.2, -0.15) is 4.98 Å². The van der Waals surface area contributed by atoms with Crippen molar-refractivity contribution in [3.8, 4) is 0 Å². The fraction of sp³-hybridized carbons (Fsp3) is 0.222. The molecule has 7 nitrogen and oxygen atoms in total. The first kappa shape index (κ1) is 15.5. The molecule has 126 valence electrons. The number of rotatable bonds is 5. The number of para-hydroxylation sites is 2. The molecule has 0 aliphatic carbocycles. The molecule has 0 spiro atoms. The van der Waals surface area contributed by atoms with Crippen LogP contribution in [0.25, 0.3) is 27.7 Å². The van der Waals surface area contributed by atoms with Crippen LogP contribution >= 0.6 is 0 Å². The number of benzene rings is 1. The van der Waals surface area contributed by atoms with E-state index in [4.69, 9.17) is 0 Å². The number of imidazole rings is 1. The number of nitrogens with one attached hydrogen (secondary N) is 1. The van der Waals surface area contributed by atoms with Crippen molar-refractivity contribution < 1.29 is 4.79 Å². The summed E-state index contributed by atoms with van der Waals surface area (Å²) >= 11 is 0. The normalized spacial score (nSPS) is 11.6. The van der Waals surface area contributed by atoms with Crippen molar-refractivity contribution in [1.82, 2.24) is 24.3 Å². The van der Waals surface area contributed by atoms with E-state index >= 15 is 0 Å². The van der Waals surface area contributed by atoms with Crippen LogP contribution in [0.3, 0.4) is 0 Å². The van der Waals surface area contributed by atoms with E-state index in [2.05, 4.69) is 25.2 Å². The number of carbonyl (C=O) groups excluding carboxylic acids is 1. The summed E-state index contributed by atoms with van der Waals surface area (Å²) in [6.45, 7) is 1.63. The summed E-state index contributed by atoms with van der Waals surface area (Å²) in [6, 6.07) is 9.58. The minimum atomic E-state index is 0.528. The Morgan fingerprint density at radius 3 is 2.84 bits per heavy atom. The van der Waals surface area contributed by atoms with Crippen molar-refractivity contribution >= 4 is 39.9 Å². The first-order valence-corrected chi connectivity index (χ1v) is 8.08. The molecule has 0 bridgehead atoms. The van der Waals surface area contributed by atoms with Gasteiger partial charge in [-0.1, -0.05) is 12.1 Å². The minimum Gasteiger partial charge on any atom is -0.353 e. The maximum atomic E-state index is 11.5. The second kappa shape index (κ2) is 6.10. The van der Waals surface area contributed by atoms with E-state index < -0.39 is 0 Å². The van der Waals surface area contributed by atoms with Crippen LogP contribution in [0.2, 0.25) is 0 Å². The summed E-state index contributed by atoms with van der Waals surface area (Å²) in [5, 5.41) is 4.04. The summed E-state index contributed by atoms with van der Waals surface area (Å²) in [5.74, 6) is 0.562. The number of anilines is 1. The highest BCUT2D eigenvalue weighted by Crippen LogP contribution is 2.24. The zero-order valence-electron chi connectivity index (χ0n) is 14.1. The number of aromatic nitrogens is 4. The van der Waals surface area contributed by atoms with Gasteiger partial charge in [0, 0.05) is 24.7 Å². The lowest BCUT2D eigenvalue weighted by Gasteiger charge is -2.11. The number of nitrogens with zero attached hydrogens (tertiary/aromatic N) is 5. The standard InChI is InChI=1S/C18H18N6O/c1-23(2)8-7-19-18-20-10-12-9-13(11-25)17-21-14-5-3-4-6-15(14)24(17)16(12)22-18/h3-6,9-11H,7-8H2,1-2H3,(H,19,20,22). The molecule has 0 atom stereocenters. The lowest BCUT2D eigenvalue weighted by Crippen LogP contribution is -2.21. The fourth-order valence-corrected chi connectivity index (χ4v) is 2.89. The Labute approximate surface area is 144 Å². The number of fused-ring (bicyclic) bond motifs is 5. The lowest BCUT2D eigenvalue weighted by atomic mass is 10.2. The number of hydrogen-bond acceptors (Lipinski definition) is 6. The van der Waals surface area contributed by atoms with Gasteiger partial charge in [0.2, 0.25) is 5.95 Å². The average molecular weight is 334 g/mol. The number of carbonyl (C=O) groups is 1. The molecule has 4 rings (SSSR count). The second-order valence-corrected chi connectivity index (χ2v) is 6.18. The predicted octanol–water partition coefficient (Wildman–Crippen LogP) is 2.22. The molecule has 1 aromatic carbocycles. The topological polar surface area (TPSA) is 75.4 Å². The largest absolute Gasteiger partial charge is 0.353 e. The first-order chi connectivity index (χ1) is 12.2. The number of likely N-dealkylation sites (N-methyl/N-ethyl adjacent to an activating group) is 1. The predicted molar refractivity (Wildman–Crippen MR) is 98.2 cm³/mol. The Bertz CT molecular complexity index is 1090. The Kier molecular flexibility index (Phi) is 3.77. The van der Waals surface area contributed by atoms with E-state index in [1.165, 1.54) is 0 Å². The third-order valence-electron chi connectivity index (χ3n) is 4.11. The zero-order valence-corrected chi connectivity index (χ0v) is 14.1. The van der Waals surface area contributed by atoms with Gasteiger partial charge in [0.25, 0.3) is 0 Å². The number of hydrogen-bond donors (Lipinski definition) is 1. The average Bonchev–Trinajstić information content (AvgIpc) is 3.00. The first-order valence-electron chi connectivity index (χ1n) is 8.08. The summed E-state index contributed by atoms with van der Waals surface area (Å²) in [4.78, 5) is 27.2. The van der Waals surface area contributed by atoms with E-state index in [0.717, 1.165) is 41.4 Å². The van der Waals surface area contributed by atoms with Gasteiger partial charge >= 0.3 is 0 Å². The van der Waals surface area contributed by atoms with Gasteiger partial charge in [0.1, 0.15) is 5.65 Å². The van der Waals surface area contributed by atoms with Crippen LogP contribution in [0.1, 0.15) is 10.4 Å². The third kappa shape index (κ3) is 2.68. The maximum Gasteiger partial charge on any atom is 0.224 e. The van der Waals surface area contributed by atoms with E-state index in [9.17, 15) is 4.79 Å². The number of aldehydes is 1. The molecule has 0 aliphatic rings. The van der Waals surface area contributed by atoms with Gasteiger partial charge < -0.3 is 10.2 Å². The molecular weight excluding hydrogens is 316 g/mol. The van der Waals surface area contributed by atoms with E-state index in [1.807, 2.05) is 42.8 Å². The molecular formula is C18H18N6O. The van der Waals surface area contributed by atoms with Crippen LogP contribution in [0.4, 0.5) is 5.95 Å². The fourth-order valence-electron chi connectivity index (χ4n) is 2.89. The van der Waals surface area contributed by atoms with Gasteiger partial charge in [-0.15, -0.1) is 0 Å². The van der Waals surface area contributed by atoms with Crippen LogP contribution in [0.15, 0.2) is 36.5 Å². The highest BCUT2D eigenvalue weighted by atomic mass is 16.1. The van der Waals surface area contributed by atoms with Gasteiger partial charge in [-0.3, -0.25) is 9.20 Å². The molecule has 0 amide bonds. The van der Waals surface area contributed by atoms with E-state index in [-0.39, 0.29) is 0 Å². The maximum absolute atomic E-state index is 11.5. The van der Waals surface area contributed by atoms with Gasteiger partial charge in [-0.25, -0.2) is 9.97 Å². The van der Waals surface area contributed by atoms with Crippen molar-refractivity contribution in [3.63, 3.8) is 0 Å². The molecule has 0 aliphatic heterocycles. The lowest BCUT2D eigenvalue weighted by molar-refractivity contribution is 0.112. The Morgan fingerprint density at radius 1 is 1.20 bits per heavy atom. The number of pyridine rings is 1. The Balaban J connectivity index is 1.93. The van der Waals surface area contributed by atoms with E-state index in [1.54, 1.807) is 12.3 Å². The van der Waals surface area contributed by atoms with Gasteiger partial charge in [-0.05, 0) is 32.3 Å². The third-order valence-corrected chi connectivity index (χ3v) is 4.11. The van der Waals surface area contributed by atoms with Crippen LogP contribution in [0.5, 0.6) is 0 Å². The molecule has 0 radical (unpaired) electrons. The quantitative estimate of drug-likeness (QED) is 0.564. The molecule has 0 saturated heterocycles. The summed E-state index contributed by atoms with van der Waals surface area (Å²) in [6.07, 6.45) is 2.56. The monoisotopic (exact) mass is 334 g/mol. The van der Waals surface area contributed by atoms with Gasteiger partial charge in [0.05, 0.1) is 16.6 Å².